The highest BCUT2D eigenvalue weighted by molar-refractivity contribution is 6.76. The number of ether oxygens (including phenoxy) is 1. The molecule has 0 unspecified atom stereocenters. The second-order valence-corrected chi connectivity index (χ2v) is 16.7. The molecule has 3 aromatic heterocycles. The van der Waals surface area contributed by atoms with Gasteiger partial charge in [-0.1, -0.05) is 31.8 Å². The lowest BCUT2D eigenvalue weighted by Crippen LogP contribution is -2.45. The Balaban J connectivity index is 1.19. The Kier molecular flexibility index (Phi) is 7.85. The maximum atomic E-state index is 12.9. The van der Waals surface area contributed by atoms with E-state index in [4.69, 9.17) is 4.74 Å². The number of rotatable bonds is 9. The first-order valence-corrected chi connectivity index (χ1v) is 17.0. The van der Waals surface area contributed by atoms with Crippen molar-refractivity contribution in [1.82, 2.24) is 24.8 Å². The molecule has 5 rings (SSSR count). The van der Waals surface area contributed by atoms with Crippen LogP contribution in [0, 0.1) is 0 Å². The summed E-state index contributed by atoms with van der Waals surface area (Å²) in [6.07, 6.45) is 9.15. The molecule has 0 radical (unpaired) electrons. The van der Waals surface area contributed by atoms with Crippen molar-refractivity contribution in [2.45, 2.75) is 51.3 Å². The van der Waals surface area contributed by atoms with Gasteiger partial charge in [0.05, 0.1) is 11.2 Å². The quantitative estimate of drug-likeness (QED) is 0.237. The fraction of sp³-hybridized carbons (Fsp3) is 0.379. The molecule has 0 saturated carbocycles. The number of carbonyl (C=O) groups is 1. The van der Waals surface area contributed by atoms with Crippen LogP contribution in [-0.4, -0.2) is 59.2 Å². The Morgan fingerprint density at radius 3 is 2.45 bits per heavy atom. The molecule has 1 aliphatic heterocycles. The Morgan fingerprint density at radius 1 is 1.00 bits per heavy atom. The Morgan fingerprint density at radius 2 is 1.74 bits per heavy atom. The van der Waals surface area contributed by atoms with Crippen molar-refractivity contribution in [2.24, 2.45) is 0 Å². The molecule has 1 saturated heterocycles. The maximum Gasteiger partial charge on any atom is 0.251 e. The molecule has 38 heavy (non-hydrogen) atoms. The second-order valence-electron chi connectivity index (χ2n) is 11.1. The van der Waals surface area contributed by atoms with E-state index in [0.29, 0.717) is 12.3 Å². The minimum Gasteiger partial charge on any atom is -0.361 e. The second kappa shape index (κ2) is 11.4. The molecule has 4 heterocycles. The molecule has 1 amide bonds. The molecule has 1 aromatic carbocycles. The number of nitrogens with one attached hydrogen (secondary N) is 1. The van der Waals surface area contributed by atoms with E-state index in [2.05, 4.69) is 61.6 Å². The average molecular weight is 529 g/mol. The summed E-state index contributed by atoms with van der Waals surface area (Å²) in [5.41, 5.74) is 3.65. The van der Waals surface area contributed by atoms with Crippen LogP contribution in [0.5, 0.6) is 0 Å². The summed E-state index contributed by atoms with van der Waals surface area (Å²) < 4.78 is 8.09. The van der Waals surface area contributed by atoms with Crippen molar-refractivity contribution in [3.8, 4) is 11.3 Å². The van der Waals surface area contributed by atoms with E-state index in [-0.39, 0.29) is 11.9 Å². The lowest BCUT2D eigenvalue weighted by atomic mass is 10.0. The molecule has 0 aliphatic carbocycles. The van der Waals surface area contributed by atoms with Gasteiger partial charge in [-0.25, -0.2) is 9.97 Å². The minimum atomic E-state index is -1.11. The van der Waals surface area contributed by atoms with Gasteiger partial charge in [-0.3, -0.25) is 9.78 Å². The summed E-state index contributed by atoms with van der Waals surface area (Å²) in [4.78, 5) is 28.4. The molecule has 9 heteroatoms. The number of nitrogens with zero attached hydrogens (tertiary/aromatic N) is 5. The van der Waals surface area contributed by atoms with Crippen molar-refractivity contribution >= 4 is 30.8 Å². The van der Waals surface area contributed by atoms with Gasteiger partial charge in [-0.05, 0) is 49.2 Å². The molecule has 0 bridgehead atoms. The van der Waals surface area contributed by atoms with Gasteiger partial charge in [0.2, 0.25) is 5.95 Å². The zero-order valence-corrected chi connectivity index (χ0v) is 23.4. The number of hydrogen-bond donors (Lipinski definition) is 1. The van der Waals surface area contributed by atoms with Gasteiger partial charge in [-0.15, -0.1) is 0 Å². The number of pyridine rings is 1. The monoisotopic (exact) mass is 528 g/mol. The highest BCUT2D eigenvalue weighted by atomic mass is 28.3. The number of fused-ring (bicyclic) bond motifs is 1. The van der Waals surface area contributed by atoms with E-state index in [1.165, 1.54) is 0 Å². The van der Waals surface area contributed by atoms with Gasteiger partial charge in [0, 0.05) is 75.1 Å². The largest absolute Gasteiger partial charge is 0.361 e. The zero-order valence-electron chi connectivity index (χ0n) is 22.4. The summed E-state index contributed by atoms with van der Waals surface area (Å²) in [6, 6.07) is 15.0. The van der Waals surface area contributed by atoms with Gasteiger partial charge in [0.15, 0.2) is 0 Å². The molecule has 1 aliphatic rings. The lowest BCUT2D eigenvalue weighted by molar-refractivity contribution is 0.0902. The number of aromatic nitrogens is 4. The third-order valence-corrected chi connectivity index (χ3v) is 8.71. The van der Waals surface area contributed by atoms with Gasteiger partial charge >= 0.3 is 0 Å². The van der Waals surface area contributed by atoms with Crippen LogP contribution in [0.4, 0.5) is 5.95 Å². The average Bonchev–Trinajstić information content (AvgIpc) is 3.35. The summed E-state index contributed by atoms with van der Waals surface area (Å²) in [6.45, 7) is 10.1. The first-order valence-electron chi connectivity index (χ1n) is 13.3. The molecule has 0 atom stereocenters. The van der Waals surface area contributed by atoms with E-state index in [1.807, 2.05) is 42.6 Å². The molecular formula is C29H36N6O2Si. The molecule has 198 valence electrons. The summed E-state index contributed by atoms with van der Waals surface area (Å²) in [7, 11) is -1.11. The van der Waals surface area contributed by atoms with E-state index in [1.54, 1.807) is 12.4 Å². The van der Waals surface area contributed by atoms with Gasteiger partial charge in [0.1, 0.15) is 6.73 Å². The van der Waals surface area contributed by atoms with E-state index in [0.717, 1.165) is 66.7 Å². The molecule has 0 spiro atoms. The predicted molar refractivity (Wildman–Crippen MR) is 154 cm³/mol. The lowest BCUT2D eigenvalue weighted by Gasteiger charge is -2.32. The first-order chi connectivity index (χ1) is 18.4. The normalized spacial score (nSPS) is 14.7. The number of amides is 1. The number of hydrogen-bond acceptors (Lipinski definition) is 6. The number of benzene rings is 1. The van der Waals surface area contributed by atoms with Crippen LogP contribution < -0.4 is 10.2 Å². The van der Waals surface area contributed by atoms with Crippen LogP contribution >= 0.6 is 0 Å². The molecule has 4 aromatic rings. The molecule has 1 fully saturated rings. The minimum absolute atomic E-state index is 0.0428. The third-order valence-electron chi connectivity index (χ3n) is 7.01. The highest BCUT2D eigenvalue weighted by Crippen LogP contribution is 2.28. The van der Waals surface area contributed by atoms with Crippen LogP contribution in [0.3, 0.4) is 0 Å². The summed E-state index contributed by atoms with van der Waals surface area (Å²) in [5.74, 6) is 0.708. The van der Waals surface area contributed by atoms with E-state index >= 15 is 0 Å². The Labute approximate surface area is 225 Å². The fourth-order valence-electron chi connectivity index (χ4n) is 4.73. The van der Waals surface area contributed by atoms with Crippen molar-refractivity contribution in [3.63, 3.8) is 0 Å². The topological polar surface area (TPSA) is 85.2 Å². The maximum absolute atomic E-state index is 12.9. The van der Waals surface area contributed by atoms with Crippen LogP contribution in [0.2, 0.25) is 25.7 Å². The summed E-state index contributed by atoms with van der Waals surface area (Å²) >= 11 is 0. The van der Waals surface area contributed by atoms with Crippen LogP contribution in [0.15, 0.2) is 67.3 Å². The zero-order chi connectivity index (χ0) is 26.5. The van der Waals surface area contributed by atoms with Gasteiger partial charge in [0.25, 0.3) is 5.91 Å². The molecule has 1 N–H and O–H groups in total. The third kappa shape index (κ3) is 6.28. The molecule has 8 nitrogen and oxygen atoms in total. The summed E-state index contributed by atoms with van der Waals surface area (Å²) in [5, 5.41) is 4.27. The Hall–Kier alpha value is -3.56. The van der Waals surface area contributed by atoms with E-state index in [9.17, 15) is 4.79 Å². The Bertz CT molecular complexity index is 1360. The van der Waals surface area contributed by atoms with Crippen LogP contribution in [0.1, 0.15) is 23.2 Å². The van der Waals surface area contributed by atoms with Gasteiger partial charge < -0.3 is 19.5 Å². The SMILES string of the molecule is C[Si](C)(C)CCOCn1ccc2c(-c3ccc(C(=O)NC4CCN(c5ncccn5)CC4)cc3)nccc21. The standard InChI is InChI=1S/C29H36N6O2Si/c1-38(2,3)20-19-37-21-35-18-12-25-26(35)9-15-30-27(25)22-5-7-23(8-6-22)28(36)33-24-10-16-34(17-11-24)29-31-13-4-14-32-29/h4-9,12-15,18,24H,10-11,16-17,19-21H2,1-3H3,(H,33,36). The van der Waals surface area contributed by atoms with Crippen molar-refractivity contribution in [1.29, 1.82) is 0 Å². The van der Waals surface area contributed by atoms with Crippen molar-refractivity contribution in [3.05, 3.63) is 72.8 Å². The molecular weight excluding hydrogens is 492 g/mol. The van der Waals surface area contributed by atoms with Crippen molar-refractivity contribution < 1.29 is 9.53 Å². The first kappa shape index (κ1) is 26.1. The number of piperidine rings is 1. The highest BCUT2D eigenvalue weighted by Gasteiger charge is 2.22. The van der Waals surface area contributed by atoms with Crippen LogP contribution in [0.25, 0.3) is 22.2 Å². The number of carbonyl (C=O) groups excluding carboxylic acids is 1. The smallest absolute Gasteiger partial charge is 0.251 e. The fourth-order valence-corrected chi connectivity index (χ4v) is 5.49. The van der Waals surface area contributed by atoms with Crippen molar-refractivity contribution in [2.75, 3.05) is 24.6 Å². The van der Waals surface area contributed by atoms with E-state index < -0.39 is 8.07 Å². The van der Waals surface area contributed by atoms with Crippen LogP contribution in [-0.2, 0) is 11.5 Å². The number of anilines is 1. The predicted octanol–water partition coefficient (Wildman–Crippen LogP) is 5.20. The van der Waals surface area contributed by atoms with Gasteiger partial charge in [-0.2, -0.15) is 0 Å².